The van der Waals surface area contributed by atoms with Gasteiger partial charge in [-0.1, -0.05) is 103 Å². The van der Waals surface area contributed by atoms with Crippen LogP contribution in [0.2, 0.25) is 0 Å². The zero-order chi connectivity index (χ0) is 21.6. The van der Waals surface area contributed by atoms with E-state index in [0.717, 1.165) is 34.8 Å². The van der Waals surface area contributed by atoms with E-state index in [9.17, 15) is 0 Å². The molecule has 0 unspecified atom stereocenters. The Kier molecular flexibility index (Phi) is 32.3. The predicted octanol–water partition coefficient (Wildman–Crippen LogP) is 6.85. The molecular formula is C22H48N2S4Se. The van der Waals surface area contributed by atoms with Gasteiger partial charge in [0.2, 0.25) is 0 Å². The zero-order valence-electron chi connectivity index (χ0n) is 19.4. The van der Waals surface area contributed by atoms with Gasteiger partial charge in [-0.25, -0.2) is 0 Å². The summed E-state index contributed by atoms with van der Waals surface area (Å²) in [5.74, 6) is 0. The van der Waals surface area contributed by atoms with Crippen molar-refractivity contribution in [3.8, 4) is 0 Å². The minimum atomic E-state index is 0. The molecule has 0 aliphatic carbocycles. The number of thiocarbonyl (C=S) groups is 2. The average molecular weight is 548 g/mol. The predicted molar refractivity (Wildman–Crippen MR) is 153 cm³/mol. The summed E-state index contributed by atoms with van der Waals surface area (Å²) in [5, 5.41) is 0. The molecule has 0 aliphatic heterocycles. The maximum atomic E-state index is 5.11. The Bertz CT molecular complexity index is 317. The summed E-state index contributed by atoms with van der Waals surface area (Å²) < 4.78 is 1.52. The van der Waals surface area contributed by atoms with Crippen LogP contribution < -0.4 is 0 Å². The minimum absolute atomic E-state index is 0. The summed E-state index contributed by atoms with van der Waals surface area (Å²) in [4.78, 5) is 4.45. The van der Waals surface area contributed by atoms with Crippen LogP contribution in [0.5, 0.6) is 0 Å². The van der Waals surface area contributed by atoms with Crippen LogP contribution >= 0.6 is 49.7 Å². The monoisotopic (exact) mass is 548 g/mol. The van der Waals surface area contributed by atoms with E-state index in [1.165, 1.54) is 77.0 Å². The molecule has 0 bridgehead atoms. The Balaban J connectivity index is -0.000000451. The summed E-state index contributed by atoms with van der Waals surface area (Å²) in [6.45, 7) is 13.2. The van der Waals surface area contributed by atoms with Gasteiger partial charge in [-0.15, -0.1) is 25.3 Å². The third-order valence-electron chi connectivity index (χ3n) is 4.67. The molecule has 0 rings (SSSR count). The van der Waals surface area contributed by atoms with E-state index in [1.807, 2.05) is 0 Å². The van der Waals surface area contributed by atoms with Crippen molar-refractivity contribution >= 4 is 75.4 Å². The van der Waals surface area contributed by atoms with Crippen LogP contribution in [0.1, 0.15) is 105 Å². The van der Waals surface area contributed by atoms with Gasteiger partial charge in [-0.3, -0.25) is 0 Å². The molecule has 0 fully saturated rings. The number of thiol groups is 2. The molecule has 0 aromatic heterocycles. The molecule has 0 atom stereocenters. The molecule has 0 amide bonds. The Hall–Kier alpha value is 0.999. The van der Waals surface area contributed by atoms with Crippen molar-refractivity contribution < 1.29 is 0 Å². The van der Waals surface area contributed by atoms with Crippen LogP contribution in [0.25, 0.3) is 0 Å². The first kappa shape index (κ1) is 34.6. The Morgan fingerprint density at radius 3 is 0.862 bits per heavy atom. The van der Waals surface area contributed by atoms with Crippen LogP contribution in [0.15, 0.2) is 0 Å². The Labute approximate surface area is 215 Å². The van der Waals surface area contributed by atoms with E-state index in [2.05, 4.69) is 62.8 Å². The molecule has 0 aliphatic rings. The van der Waals surface area contributed by atoms with Crippen LogP contribution in [-0.2, 0) is 0 Å². The van der Waals surface area contributed by atoms with Crippen molar-refractivity contribution in [1.29, 1.82) is 0 Å². The van der Waals surface area contributed by atoms with E-state index >= 15 is 0 Å². The summed E-state index contributed by atoms with van der Waals surface area (Å²) in [7, 11) is 0. The van der Waals surface area contributed by atoms with Crippen LogP contribution in [0.4, 0.5) is 0 Å². The number of unbranched alkanes of at least 4 members (excludes halogenated alkanes) is 8. The first-order chi connectivity index (χ1) is 13.4. The quantitative estimate of drug-likeness (QED) is 0.0944. The van der Waals surface area contributed by atoms with Crippen LogP contribution in [0.3, 0.4) is 0 Å². The van der Waals surface area contributed by atoms with Gasteiger partial charge in [0.1, 0.15) is 8.64 Å². The van der Waals surface area contributed by atoms with Gasteiger partial charge in [0.15, 0.2) is 0 Å². The third-order valence-corrected chi connectivity index (χ3v) is 5.75. The molecule has 2 nitrogen and oxygen atoms in total. The second-order valence-electron chi connectivity index (χ2n) is 7.37. The standard InChI is InChI=1S/2C11H23NS2.H2Se/c2*1-3-5-7-9-12(11(13)14)10-8-6-4-2;/h2*3-10H2,1-2H3,(H,13,14);1H2. The molecule has 29 heavy (non-hydrogen) atoms. The zero-order valence-corrected chi connectivity index (χ0v) is 24.9. The second kappa shape index (κ2) is 27.0. The normalized spacial score (nSPS) is 9.86. The number of hydrogen-bond acceptors (Lipinski definition) is 2. The fraction of sp³-hybridized carbons (Fsp3) is 0.909. The van der Waals surface area contributed by atoms with Crippen molar-refractivity contribution in [2.24, 2.45) is 0 Å². The van der Waals surface area contributed by atoms with Crippen molar-refractivity contribution in [3.63, 3.8) is 0 Å². The molecule has 0 N–H and O–H groups in total. The van der Waals surface area contributed by atoms with Gasteiger partial charge in [0, 0.05) is 26.2 Å². The van der Waals surface area contributed by atoms with Crippen molar-refractivity contribution in [3.05, 3.63) is 0 Å². The third kappa shape index (κ3) is 25.1. The molecule has 0 saturated heterocycles. The fourth-order valence-corrected chi connectivity index (χ4v) is 3.58. The van der Waals surface area contributed by atoms with Crippen LogP contribution in [-0.4, -0.2) is 61.7 Å². The van der Waals surface area contributed by atoms with Gasteiger partial charge in [0.05, 0.1) is 0 Å². The molecule has 0 aromatic carbocycles. The molecule has 0 heterocycles. The summed E-state index contributed by atoms with van der Waals surface area (Å²) in [5.41, 5.74) is 0. The Morgan fingerprint density at radius 1 is 0.517 bits per heavy atom. The summed E-state index contributed by atoms with van der Waals surface area (Å²) in [6.07, 6.45) is 15.2. The maximum absolute atomic E-state index is 5.11. The molecule has 0 saturated carbocycles. The van der Waals surface area contributed by atoms with Gasteiger partial charge in [0.25, 0.3) is 0 Å². The molecule has 176 valence electrons. The van der Waals surface area contributed by atoms with E-state index in [-0.39, 0.29) is 17.1 Å². The summed E-state index contributed by atoms with van der Waals surface area (Å²) in [6, 6.07) is 0. The van der Waals surface area contributed by atoms with E-state index in [0.29, 0.717) is 0 Å². The first-order valence-electron chi connectivity index (χ1n) is 11.4. The van der Waals surface area contributed by atoms with Gasteiger partial charge < -0.3 is 9.80 Å². The molecule has 0 spiro atoms. The average Bonchev–Trinajstić information content (AvgIpc) is 2.66. The Morgan fingerprint density at radius 2 is 0.724 bits per heavy atom. The SMILES string of the molecule is CCCCCN(CCCCC)C(=S)S.CCCCCN(CCCCC)C(=S)S.[SeH2]. The van der Waals surface area contributed by atoms with E-state index in [4.69, 9.17) is 24.4 Å². The van der Waals surface area contributed by atoms with Crippen molar-refractivity contribution in [2.45, 2.75) is 105 Å². The molecule has 0 radical (unpaired) electrons. The first-order valence-corrected chi connectivity index (χ1v) is 13.1. The van der Waals surface area contributed by atoms with Gasteiger partial charge in [-0.05, 0) is 25.7 Å². The topological polar surface area (TPSA) is 6.48 Å². The molecule has 7 heteroatoms. The molecule has 0 aromatic rings. The van der Waals surface area contributed by atoms with Crippen molar-refractivity contribution in [1.82, 2.24) is 9.80 Å². The number of rotatable bonds is 16. The van der Waals surface area contributed by atoms with Crippen molar-refractivity contribution in [2.75, 3.05) is 26.2 Å². The van der Waals surface area contributed by atoms with Crippen LogP contribution in [0, 0.1) is 0 Å². The molecular weight excluding hydrogens is 499 g/mol. The summed E-state index contributed by atoms with van der Waals surface area (Å²) >= 11 is 18.7. The van der Waals surface area contributed by atoms with E-state index in [1.54, 1.807) is 0 Å². The number of hydrogen-bond donors (Lipinski definition) is 2. The van der Waals surface area contributed by atoms with Gasteiger partial charge >= 0.3 is 17.1 Å². The number of nitrogens with zero attached hydrogens (tertiary/aromatic N) is 2. The van der Waals surface area contributed by atoms with E-state index < -0.39 is 0 Å². The second-order valence-corrected chi connectivity index (χ2v) is 9.59. The van der Waals surface area contributed by atoms with Gasteiger partial charge in [-0.2, -0.15) is 0 Å². The fourth-order valence-electron chi connectivity index (χ4n) is 2.82.